The lowest BCUT2D eigenvalue weighted by molar-refractivity contribution is 0.867. The molecule has 2 aromatic rings. The fraction of sp³-hybridized carbons (Fsp3) is 0.286. The third-order valence-corrected chi connectivity index (χ3v) is 2.83. The van der Waals surface area contributed by atoms with Crippen molar-refractivity contribution in [2.24, 2.45) is 0 Å². The highest BCUT2D eigenvalue weighted by molar-refractivity contribution is 5.65. The van der Waals surface area contributed by atoms with E-state index in [2.05, 4.69) is 54.3 Å². The molecule has 0 aliphatic carbocycles. The first-order valence-electron chi connectivity index (χ1n) is 6.02. The number of nitrogens with one attached hydrogen (secondary N) is 1. The van der Waals surface area contributed by atoms with Gasteiger partial charge >= 0.3 is 0 Å². The monoisotopic (exact) mass is 242 g/mol. The van der Waals surface area contributed by atoms with Crippen LogP contribution in [0.3, 0.4) is 0 Å². The maximum absolute atomic E-state index is 5.63. The highest BCUT2D eigenvalue weighted by Crippen LogP contribution is 2.29. The summed E-state index contributed by atoms with van der Waals surface area (Å²) in [4.78, 5) is 8.25. The van der Waals surface area contributed by atoms with E-state index in [1.165, 1.54) is 17.3 Å². The van der Waals surface area contributed by atoms with Crippen molar-refractivity contribution in [3.63, 3.8) is 0 Å². The first-order chi connectivity index (χ1) is 8.58. The number of para-hydroxylation sites is 1. The van der Waals surface area contributed by atoms with Crippen molar-refractivity contribution in [2.45, 2.75) is 26.7 Å². The zero-order chi connectivity index (χ0) is 13.1. The van der Waals surface area contributed by atoms with Gasteiger partial charge in [-0.3, -0.25) is 4.98 Å². The summed E-state index contributed by atoms with van der Waals surface area (Å²) in [5.74, 6) is 1.53. The fourth-order valence-electron chi connectivity index (χ4n) is 1.91. The number of aryl methyl sites for hydroxylation is 1. The molecule has 0 aliphatic rings. The van der Waals surface area contributed by atoms with Crippen molar-refractivity contribution in [3.05, 3.63) is 41.7 Å². The van der Waals surface area contributed by atoms with E-state index in [0.717, 1.165) is 5.69 Å². The summed E-state index contributed by atoms with van der Waals surface area (Å²) in [7, 11) is 0. The topological polar surface area (TPSA) is 63.8 Å². The average molecular weight is 242 g/mol. The Morgan fingerprint density at radius 2 is 2.00 bits per heavy atom. The van der Waals surface area contributed by atoms with Gasteiger partial charge < -0.3 is 11.1 Å². The number of nitrogens with two attached hydrogens (primary N) is 1. The van der Waals surface area contributed by atoms with Crippen molar-refractivity contribution < 1.29 is 0 Å². The first-order valence-corrected chi connectivity index (χ1v) is 6.02. The molecule has 4 heteroatoms. The van der Waals surface area contributed by atoms with E-state index in [9.17, 15) is 0 Å². The Balaban J connectivity index is 2.39. The highest BCUT2D eigenvalue weighted by Gasteiger charge is 2.09. The van der Waals surface area contributed by atoms with E-state index in [1.807, 2.05) is 0 Å². The molecule has 0 atom stereocenters. The van der Waals surface area contributed by atoms with Gasteiger partial charge in [-0.15, -0.1) is 0 Å². The van der Waals surface area contributed by atoms with Crippen LogP contribution in [0.4, 0.5) is 17.3 Å². The quantitative estimate of drug-likeness (QED) is 0.867. The van der Waals surface area contributed by atoms with Gasteiger partial charge in [-0.05, 0) is 24.0 Å². The van der Waals surface area contributed by atoms with Crippen LogP contribution in [0.1, 0.15) is 30.9 Å². The molecule has 0 fully saturated rings. The third-order valence-electron chi connectivity index (χ3n) is 2.83. The number of anilines is 3. The van der Waals surface area contributed by atoms with E-state index < -0.39 is 0 Å². The van der Waals surface area contributed by atoms with Gasteiger partial charge in [-0.2, -0.15) is 0 Å². The van der Waals surface area contributed by atoms with Crippen LogP contribution in [0, 0.1) is 6.92 Å². The van der Waals surface area contributed by atoms with Crippen molar-refractivity contribution >= 4 is 17.3 Å². The van der Waals surface area contributed by atoms with Crippen LogP contribution < -0.4 is 11.1 Å². The molecule has 0 aliphatic heterocycles. The van der Waals surface area contributed by atoms with Gasteiger partial charge in [0.15, 0.2) is 5.82 Å². The van der Waals surface area contributed by atoms with Crippen LogP contribution in [0.15, 0.2) is 30.6 Å². The molecule has 0 amide bonds. The number of hydrogen-bond acceptors (Lipinski definition) is 4. The second-order valence-electron chi connectivity index (χ2n) is 4.65. The van der Waals surface area contributed by atoms with Crippen molar-refractivity contribution in [1.29, 1.82) is 0 Å². The predicted octanol–water partition coefficient (Wildman–Crippen LogP) is 3.23. The minimum Gasteiger partial charge on any atom is -0.382 e. The number of rotatable bonds is 3. The van der Waals surface area contributed by atoms with Crippen LogP contribution in [0.25, 0.3) is 0 Å². The van der Waals surface area contributed by atoms with Gasteiger partial charge in [-0.25, -0.2) is 4.98 Å². The Labute approximate surface area is 107 Å². The predicted molar refractivity (Wildman–Crippen MR) is 75.0 cm³/mol. The molecule has 94 valence electrons. The second-order valence-corrected chi connectivity index (χ2v) is 4.65. The molecule has 4 nitrogen and oxygen atoms in total. The van der Waals surface area contributed by atoms with Crippen molar-refractivity contribution in [2.75, 3.05) is 11.1 Å². The molecular weight excluding hydrogens is 224 g/mol. The molecule has 2 rings (SSSR count). The number of nitrogen functional groups attached to an aromatic ring is 1. The van der Waals surface area contributed by atoms with E-state index in [4.69, 9.17) is 5.73 Å². The number of benzene rings is 1. The molecule has 0 radical (unpaired) electrons. The summed E-state index contributed by atoms with van der Waals surface area (Å²) in [6, 6.07) is 6.27. The van der Waals surface area contributed by atoms with Crippen molar-refractivity contribution in [3.8, 4) is 0 Å². The molecule has 1 heterocycles. The molecule has 0 bridgehead atoms. The second kappa shape index (κ2) is 5.04. The molecule has 0 spiro atoms. The van der Waals surface area contributed by atoms with E-state index in [1.54, 1.807) is 6.20 Å². The summed E-state index contributed by atoms with van der Waals surface area (Å²) in [6.07, 6.45) is 3.21. The first kappa shape index (κ1) is 12.4. The standard InChI is InChI=1S/C14H18N4/c1-9(2)11-6-4-5-10(3)14(11)18-13-8-16-7-12(15)17-13/h4-9H,1-3H3,(H3,15,17,18). The summed E-state index contributed by atoms with van der Waals surface area (Å²) >= 11 is 0. The zero-order valence-electron chi connectivity index (χ0n) is 10.9. The average Bonchev–Trinajstić information content (AvgIpc) is 2.31. The highest BCUT2D eigenvalue weighted by atomic mass is 15.0. The summed E-state index contributed by atoms with van der Waals surface area (Å²) < 4.78 is 0. The smallest absolute Gasteiger partial charge is 0.151 e. The van der Waals surface area contributed by atoms with Gasteiger partial charge in [0.05, 0.1) is 12.4 Å². The number of hydrogen-bond donors (Lipinski definition) is 2. The van der Waals surface area contributed by atoms with Crippen LogP contribution in [0.5, 0.6) is 0 Å². The van der Waals surface area contributed by atoms with Gasteiger partial charge in [0.1, 0.15) is 5.82 Å². The lowest BCUT2D eigenvalue weighted by Crippen LogP contribution is -2.03. The van der Waals surface area contributed by atoms with E-state index in [-0.39, 0.29) is 0 Å². The Hall–Kier alpha value is -2.10. The lowest BCUT2D eigenvalue weighted by Gasteiger charge is -2.16. The van der Waals surface area contributed by atoms with Gasteiger partial charge in [0, 0.05) is 5.69 Å². The lowest BCUT2D eigenvalue weighted by atomic mass is 9.98. The van der Waals surface area contributed by atoms with Crippen LogP contribution in [0.2, 0.25) is 0 Å². The molecule has 0 saturated carbocycles. The Kier molecular flexibility index (Phi) is 3.46. The Bertz CT molecular complexity index is 549. The van der Waals surface area contributed by atoms with Crippen LogP contribution in [-0.4, -0.2) is 9.97 Å². The molecular formula is C14H18N4. The summed E-state index contributed by atoms with van der Waals surface area (Å²) in [5.41, 5.74) is 9.17. The third kappa shape index (κ3) is 2.59. The molecule has 18 heavy (non-hydrogen) atoms. The van der Waals surface area contributed by atoms with Crippen molar-refractivity contribution in [1.82, 2.24) is 9.97 Å². The SMILES string of the molecule is Cc1cccc(C(C)C)c1Nc1cncc(N)n1. The molecule has 1 aromatic carbocycles. The molecule has 1 aromatic heterocycles. The Morgan fingerprint density at radius 3 is 2.67 bits per heavy atom. The van der Waals surface area contributed by atoms with Gasteiger partial charge in [0.2, 0.25) is 0 Å². The number of nitrogens with zero attached hydrogens (tertiary/aromatic N) is 2. The maximum atomic E-state index is 5.63. The molecule has 0 saturated heterocycles. The van der Waals surface area contributed by atoms with Gasteiger partial charge in [0.25, 0.3) is 0 Å². The minimum atomic E-state index is 0.416. The zero-order valence-corrected chi connectivity index (χ0v) is 10.9. The molecule has 0 unspecified atom stereocenters. The number of aromatic nitrogens is 2. The van der Waals surface area contributed by atoms with Crippen LogP contribution >= 0.6 is 0 Å². The summed E-state index contributed by atoms with van der Waals surface area (Å²) in [6.45, 7) is 6.42. The largest absolute Gasteiger partial charge is 0.382 e. The van der Waals surface area contributed by atoms with E-state index >= 15 is 0 Å². The maximum Gasteiger partial charge on any atom is 0.151 e. The molecule has 3 N–H and O–H groups in total. The fourth-order valence-corrected chi connectivity index (χ4v) is 1.91. The summed E-state index contributed by atoms with van der Waals surface area (Å²) in [5, 5.41) is 3.31. The van der Waals surface area contributed by atoms with Crippen LogP contribution in [-0.2, 0) is 0 Å². The van der Waals surface area contributed by atoms with E-state index in [0.29, 0.717) is 17.6 Å². The normalized spacial score (nSPS) is 10.7. The van der Waals surface area contributed by atoms with Gasteiger partial charge in [-0.1, -0.05) is 32.0 Å². The Morgan fingerprint density at radius 1 is 1.22 bits per heavy atom. The minimum absolute atomic E-state index is 0.416.